The lowest BCUT2D eigenvalue weighted by atomic mass is 10.2. The number of benzene rings is 1. The van der Waals surface area contributed by atoms with E-state index < -0.39 is 12.1 Å². The molecule has 1 fully saturated rings. The Hall–Kier alpha value is -1.10. The summed E-state index contributed by atoms with van der Waals surface area (Å²) in [6.45, 7) is 0.672. The average molecular weight is 256 g/mol. The Kier molecular flexibility index (Phi) is 3.99. The van der Waals surface area contributed by atoms with Crippen LogP contribution in [0.4, 0.5) is 0 Å². The molecule has 1 aromatic rings. The normalized spacial score (nSPS) is 23.6. The smallest absolute Gasteiger partial charge is 0.323 e. The van der Waals surface area contributed by atoms with Gasteiger partial charge in [-0.2, -0.15) is 0 Å². The second-order valence-electron chi connectivity index (χ2n) is 4.08. The molecule has 5 heteroatoms. The molecule has 0 aliphatic carbocycles. The molecule has 1 aliphatic rings. The van der Waals surface area contributed by atoms with Gasteiger partial charge in [-0.25, -0.2) is 0 Å². The van der Waals surface area contributed by atoms with Crippen molar-refractivity contribution in [1.82, 2.24) is 5.32 Å². The van der Waals surface area contributed by atoms with Crippen molar-refractivity contribution in [2.45, 2.75) is 25.2 Å². The van der Waals surface area contributed by atoms with Gasteiger partial charge in [-0.3, -0.25) is 4.79 Å². The second kappa shape index (κ2) is 5.49. The van der Waals surface area contributed by atoms with Gasteiger partial charge in [0.25, 0.3) is 0 Å². The van der Waals surface area contributed by atoms with Crippen LogP contribution < -0.4 is 5.32 Å². The lowest BCUT2D eigenvalue weighted by molar-refractivity contribution is -0.147. The third-order valence-electron chi connectivity index (χ3n) is 2.69. The summed E-state index contributed by atoms with van der Waals surface area (Å²) in [5, 5.41) is 12.8. The molecule has 1 heterocycles. The molecule has 92 valence electrons. The van der Waals surface area contributed by atoms with E-state index in [1.807, 2.05) is 12.1 Å². The summed E-state index contributed by atoms with van der Waals surface area (Å²) in [5.41, 5.74) is 0.890. The predicted octanol–water partition coefficient (Wildman–Crippen LogP) is 1.11. The fourth-order valence-corrected chi connectivity index (χ4v) is 1.86. The first-order valence-electron chi connectivity index (χ1n) is 5.47. The summed E-state index contributed by atoms with van der Waals surface area (Å²) in [6, 6.07) is 6.74. The highest BCUT2D eigenvalue weighted by atomic mass is 35.5. The Morgan fingerprint density at radius 3 is 2.76 bits per heavy atom. The molecule has 0 aromatic heterocycles. The zero-order chi connectivity index (χ0) is 12.3. The van der Waals surface area contributed by atoms with Crippen molar-refractivity contribution in [3.8, 4) is 0 Å². The van der Waals surface area contributed by atoms with Crippen molar-refractivity contribution < 1.29 is 14.6 Å². The Morgan fingerprint density at radius 1 is 1.47 bits per heavy atom. The van der Waals surface area contributed by atoms with Crippen molar-refractivity contribution in [2.75, 3.05) is 6.54 Å². The molecule has 0 radical (unpaired) electrons. The number of carbonyl (C=O) groups is 1. The number of rotatable bonds is 3. The van der Waals surface area contributed by atoms with Crippen LogP contribution in [0.3, 0.4) is 0 Å². The number of hydrogen-bond donors (Lipinski definition) is 2. The number of β-amino-alcohol motifs (C(OH)–C–C–N with tert-alkyl or cyclic N) is 1. The first-order valence-corrected chi connectivity index (χ1v) is 5.85. The van der Waals surface area contributed by atoms with Crippen molar-refractivity contribution in [2.24, 2.45) is 0 Å². The van der Waals surface area contributed by atoms with E-state index in [9.17, 15) is 9.90 Å². The van der Waals surface area contributed by atoms with Gasteiger partial charge in [0, 0.05) is 18.0 Å². The number of nitrogens with one attached hydrogen (secondary N) is 1. The van der Waals surface area contributed by atoms with Gasteiger partial charge < -0.3 is 15.2 Å². The van der Waals surface area contributed by atoms with Crippen molar-refractivity contribution in [3.63, 3.8) is 0 Å². The minimum atomic E-state index is -0.455. The van der Waals surface area contributed by atoms with E-state index in [1.54, 1.807) is 12.1 Å². The van der Waals surface area contributed by atoms with Crippen LogP contribution in [0.25, 0.3) is 0 Å². The first kappa shape index (κ1) is 12.4. The van der Waals surface area contributed by atoms with Crippen LogP contribution >= 0.6 is 11.6 Å². The van der Waals surface area contributed by atoms with Crippen molar-refractivity contribution in [1.29, 1.82) is 0 Å². The molecular formula is C12H14ClNO3. The fraction of sp³-hybridized carbons (Fsp3) is 0.417. The van der Waals surface area contributed by atoms with Gasteiger partial charge >= 0.3 is 5.97 Å². The Morgan fingerprint density at radius 2 is 2.18 bits per heavy atom. The highest BCUT2D eigenvalue weighted by molar-refractivity contribution is 6.30. The number of ether oxygens (including phenoxy) is 1. The van der Waals surface area contributed by atoms with Crippen LogP contribution in [0.1, 0.15) is 12.0 Å². The molecule has 0 bridgehead atoms. The Labute approximate surface area is 105 Å². The van der Waals surface area contributed by atoms with E-state index in [0.717, 1.165) is 5.56 Å². The number of aliphatic hydroxyl groups excluding tert-OH is 1. The zero-order valence-corrected chi connectivity index (χ0v) is 9.98. The molecule has 4 nitrogen and oxygen atoms in total. The highest BCUT2D eigenvalue weighted by Crippen LogP contribution is 2.12. The van der Waals surface area contributed by atoms with Gasteiger partial charge in [0.05, 0.1) is 6.10 Å². The molecule has 0 spiro atoms. The first-order chi connectivity index (χ1) is 8.15. The standard InChI is InChI=1S/C12H14ClNO3/c13-9-3-1-8(2-4-9)7-17-12(16)11-5-10(15)6-14-11/h1-4,10-11,14-15H,5-7H2/t10-,11-/m1/s1. The summed E-state index contributed by atoms with van der Waals surface area (Å²) < 4.78 is 5.14. The van der Waals surface area contributed by atoms with Crippen LogP contribution in [0.15, 0.2) is 24.3 Å². The van der Waals surface area contributed by atoms with E-state index in [1.165, 1.54) is 0 Å². The molecule has 17 heavy (non-hydrogen) atoms. The molecule has 2 rings (SSSR count). The summed E-state index contributed by atoms with van der Waals surface area (Å²) in [6.07, 6.45) is -0.0394. The maximum atomic E-state index is 11.6. The summed E-state index contributed by atoms with van der Waals surface area (Å²) in [7, 11) is 0. The van der Waals surface area contributed by atoms with Crippen LogP contribution in [0, 0.1) is 0 Å². The summed E-state index contributed by atoms with van der Waals surface area (Å²) >= 11 is 5.75. The quantitative estimate of drug-likeness (QED) is 0.795. The topological polar surface area (TPSA) is 58.6 Å². The number of hydrogen-bond acceptors (Lipinski definition) is 4. The zero-order valence-electron chi connectivity index (χ0n) is 9.23. The van der Waals surface area contributed by atoms with Crippen molar-refractivity contribution in [3.05, 3.63) is 34.9 Å². The maximum absolute atomic E-state index is 11.6. The van der Waals surface area contributed by atoms with Crippen molar-refractivity contribution >= 4 is 17.6 Å². The van der Waals surface area contributed by atoms with Gasteiger partial charge in [0.15, 0.2) is 0 Å². The van der Waals surface area contributed by atoms with Crippen LogP contribution in [-0.4, -0.2) is 29.8 Å². The van der Waals surface area contributed by atoms with Gasteiger partial charge in [-0.15, -0.1) is 0 Å². The average Bonchev–Trinajstić information content (AvgIpc) is 2.75. The number of halogens is 1. The Balaban J connectivity index is 1.82. The lowest BCUT2D eigenvalue weighted by Gasteiger charge is -2.10. The molecule has 2 atom stereocenters. The minimum absolute atomic E-state index is 0.226. The summed E-state index contributed by atoms with van der Waals surface area (Å²) in [4.78, 5) is 11.6. The molecule has 1 saturated heterocycles. The number of carbonyl (C=O) groups excluding carboxylic acids is 1. The molecule has 0 amide bonds. The SMILES string of the molecule is O=C(OCc1ccc(Cl)cc1)[C@H]1C[C@@H](O)CN1. The fourth-order valence-electron chi connectivity index (χ4n) is 1.73. The largest absolute Gasteiger partial charge is 0.460 e. The van der Waals surface area contributed by atoms with E-state index in [0.29, 0.717) is 18.0 Å². The van der Waals surface area contributed by atoms with Crippen LogP contribution in [0.5, 0.6) is 0 Å². The highest BCUT2D eigenvalue weighted by Gasteiger charge is 2.29. The van der Waals surface area contributed by atoms with Crippen LogP contribution in [-0.2, 0) is 16.1 Å². The second-order valence-corrected chi connectivity index (χ2v) is 4.52. The molecule has 1 aliphatic heterocycles. The molecule has 0 saturated carbocycles. The third-order valence-corrected chi connectivity index (χ3v) is 2.94. The molecular weight excluding hydrogens is 242 g/mol. The van der Waals surface area contributed by atoms with E-state index in [2.05, 4.69) is 5.32 Å². The monoisotopic (exact) mass is 255 g/mol. The third kappa shape index (κ3) is 3.43. The number of esters is 1. The molecule has 0 unspecified atom stereocenters. The predicted molar refractivity (Wildman–Crippen MR) is 63.7 cm³/mol. The minimum Gasteiger partial charge on any atom is -0.460 e. The van der Waals surface area contributed by atoms with Gasteiger partial charge in [0.2, 0.25) is 0 Å². The van der Waals surface area contributed by atoms with E-state index in [4.69, 9.17) is 16.3 Å². The summed E-state index contributed by atoms with van der Waals surface area (Å²) in [5.74, 6) is -0.323. The lowest BCUT2D eigenvalue weighted by Crippen LogP contribution is -2.32. The van der Waals surface area contributed by atoms with Gasteiger partial charge in [0.1, 0.15) is 12.6 Å². The maximum Gasteiger partial charge on any atom is 0.323 e. The molecule has 1 aromatic carbocycles. The van der Waals surface area contributed by atoms with E-state index >= 15 is 0 Å². The molecule has 2 N–H and O–H groups in total. The van der Waals surface area contributed by atoms with E-state index in [-0.39, 0.29) is 12.6 Å². The number of aliphatic hydroxyl groups is 1. The van der Waals surface area contributed by atoms with Gasteiger partial charge in [-0.1, -0.05) is 23.7 Å². The van der Waals surface area contributed by atoms with Crippen LogP contribution in [0.2, 0.25) is 5.02 Å². The Bertz CT molecular complexity index is 393. The van der Waals surface area contributed by atoms with Gasteiger partial charge in [-0.05, 0) is 17.7 Å².